The minimum atomic E-state index is -0.196. The maximum absolute atomic E-state index is 13.1. The zero-order chi connectivity index (χ0) is 12.0. The summed E-state index contributed by atoms with van der Waals surface area (Å²) in [7, 11) is 0. The summed E-state index contributed by atoms with van der Waals surface area (Å²) in [6.45, 7) is 5.84. The van der Waals surface area contributed by atoms with Crippen LogP contribution in [0.25, 0.3) is 0 Å². The molecule has 3 heteroatoms. The SMILES string of the molecule is CC(C)CCNc1ccc(F)cc1CCN. The molecule has 0 fully saturated rings. The van der Waals surface area contributed by atoms with Gasteiger partial charge in [0.1, 0.15) is 5.82 Å². The van der Waals surface area contributed by atoms with E-state index in [9.17, 15) is 4.39 Å². The molecule has 90 valence electrons. The normalized spacial score (nSPS) is 10.8. The van der Waals surface area contributed by atoms with Gasteiger partial charge in [0.25, 0.3) is 0 Å². The first-order chi connectivity index (χ1) is 7.63. The molecule has 2 nitrogen and oxygen atoms in total. The lowest BCUT2D eigenvalue weighted by atomic mass is 10.1. The van der Waals surface area contributed by atoms with Crippen LogP contribution in [0.15, 0.2) is 18.2 Å². The predicted molar refractivity (Wildman–Crippen MR) is 67.1 cm³/mol. The van der Waals surface area contributed by atoms with Crippen molar-refractivity contribution in [3.8, 4) is 0 Å². The minimum Gasteiger partial charge on any atom is -0.385 e. The molecule has 0 bridgehead atoms. The van der Waals surface area contributed by atoms with Crippen LogP contribution < -0.4 is 11.1 Å². The van der Waals surface area contributed by atoms with Gasteiger partial charge < -0.3 is 11.1 Å². The van der Waals surface area contributed by atoms with Gasteiger partial charge >= 0.3 is 0 Å². The highest BCUT2D eigenvalue weighted by Crippen LogP contribution is 2.17. The zero-order valence-corrected chi connectivity index (χ0v) is 10.1. The summed E-state index contributed by atoms with van der Waals surface area (Å²) in [5.74, 6) is 0.476. The van der Waals surface area contributed by atoms with Gasteiger partial charge in [0, 0.05) is 12.2 Å². The fourth-order valence-electron chi connectivity index (χ4n) is 1.59. The lowest BCUT2D eigenvalue weighted by Crippen LogP contribution is -2.10. The van der Waals surface area contributed by atoms with E-state index < -0.39 is 0 Å². The Kier molecular flexibility index (Phi) is 5.26. The highest BCUT2D eigenvalue weighted by molar-refractivity contribution is 5.51. The van der Waals surface area contributed by atoms with Gasteiger partial charge in [-0.1, -0.05) is 13.8 Å². The number of nitrogens with two attached hydrogens (primary N) is 1. The Morgan fingerprint density at radius 3 is 2.75 bits per heavy atom. The lowest BCUT2D eigenvalue weighted by Gasteiger charge is -2.12. The van der Waals surface area contributed by atoms with Crippen LogP contribution in [0.3, 0.4) is 0 Å². The van der Waals surface area contributed by atoms with Gasteiger partial charge in [-0.2, -0.15) is 0 Å². The van der Waals surface area contributed by atoms with Crippen LogP contribution in [0, 0.1) is 11.7 Å². The summed E-state index contributed by atoms with van der Waals surface area (Å²) in [6, 6.07) is 4.84. The van der Waals surface area contributed by atoms with Gasteiger partial charge in [0.05, 0.1) is 0 Å². The second-order valence-electron chi connectivity index (χ2n) is 4.45. The number of hydrogen-bond acceptors (Lipinski definition) is 2. The third-order valence-electron chi connectivity index (χ3n) is 2.52. The largest absolute Gasteiger partial charge is 0.385 e. The molecule has 1 aromatic carbocycles. The molecule has 0 atom stereocenters. The van der Waals surface area contributed by atoms with Crippen molar-refractivity contribution in [2.24, 2.45) is 11.7 Å². The van der Waals surface area contributed by atoms with Crippen LogP contribution in [0.4, 0.5) is 10.1 Å². The van der Waals surface area contributed by atoms with Gasteiger partial charge in [-0.3, -0.25) is 0 Å². The Labute approximate surface area is 97.0 Å². The van der Waals surface area contributed by atoms with Crippen molar-refractivity contribution in [1.29, 1.82) is 0 Å². The molecule has 3 N–H and O–H groups in total. The van der Waals surface area contributed by atoms with Crippen LogP contribution in [-0.4, -0.2) is 13.1 Å². The molecule has 0 saturated heterocycles. The first kappa shape index (κ1) is 13.0. The van der Waals surface area contributed by atoms with Gasteiger partial charge in [-0.05, 0) is 49.1 Å². The maximum atomic E-state index is 13.1. The van der Waals surface area contributed by atoms with E-state index in [-0.39, 0.29) is 5.82 Å². The summed E-state index contributed by atoms with van der Waals surface area (Å²) >= 11 is 0. The lowest BCUT2D eigenvalue weighted by molar-refractivity contribution is 0.606. The van der Waals surface area contributed by atoms with E-state index in [1.54, 1.807) is 12.1 Å². The Morgan fingerprint density at radius 1 is 1.38 bits per heavy atom. The quantitative estimate of drug-likeness (QED) is 0.779. The molecule has 1 rings (SSSR count). The number of hydrogen-bond donors (Lipinski definition) is 2. The van der Waals surface area contributed by atoms with Crippen LogP contribution in [0.5, 0.6) is 0 Å². The molecule has 1 aromatic rings. The summed E-state index contributed by atoms with van der Waals surface area (Å²) in [4.78, 5) is 0. The first-order valence-corrected chi connectivity index (χ1v) is 5.86. The van der Waals surface area contributed by atoms with Crippen LogP contribution in [-0.2, 0) is 6.42 Å². The van der Waals surface area contributed by atoms with Crippen LogP contribution in [0.1, 0.15) is 25.8 Å². The average Bonchev–Trinajstić information content (AvgIpc) is 2.21. The summed E-state index contributed by atoms with van der Waals surface area (Å²) < 4.78 is 13.1. The second kappa shape index (κ2) is 6.48. The van der Waals surface area contributed by atoms with Gasteiger partial charge in [-0.15, -0.1) is 0 Å². The molecule has 0 unspecified atom stereocenters. The van der Waals surface area contributed by atoms with E-state index in [1.807, 2.05) is 0 Å². The van der Waals surface area contributed by atoms with E-state index in [0.717, 1.165) is 24.2 Å². The number of anilines is 1. The molecule has 0 aliphatic heterocycles. The van der Waals surface area contributed by atoms with E-state index in [2.05, 4.69) is 19.2 Å². The standard InChI is InChI=1S/C13H21FN2/c1-10(2)6-8-16-13-4-3-12(14)9-11(13)5-7-15/h3-4,9-10,16H,5-8,15H2,1-2H3. The van der Waals surface area contributed by atoms with Crippen molar-refractivity contribution < 1.29 is 4.39 Å². The Bertz CT molecular complexity index is 324. The summed E-state index contributed by atoms with van der Waals surface area (Å²) in [5, 5.41) is 3.33. The Hall–Kier alpha value is -1.09. The zero-order valence-electron chi connectivity index (χ0n) is 10.1. The highest BCUT2D eigenvalue weighted by Gasteiger charge is 2.03. The molecule has 0 spiro atoms. The van der Waals surface area contributed by atoms with Gasteiger partial charge in [-0.25, -0.2) is 4.39 Å². The van der Waals surface area contributed by atoms with E-state index in [4.69, 9.17) is 5.73 Å². The van der Waals surface area contributed by atoms with Crippen molar-refractivity contribution in [3.05, 3.63) is 29.6 Å². The van der Waals surface area contributed by atoms with Gasteiger partial charge in [0.2, 0.25) is 0 Å². The number of benzene rings is 1. The number of halogens is 1. The monoisotopic (exact) mass is 224 g/mol. The third kappa shape index (κ3) is 4.19. The molecule has 0 amide bonds. The molecule has 0 heterocycles. The molecular formula is C13H21FN2. The summed E-state index contributed by atoms with van der Waals surface area (Å²) in [5.41, 5.74) is 7.48. The summed E-state index contributed by atoms with van der Waals surface area (Å²) in [6.07, 6.45) is 1.82. The van der Waals surface area contributed by atoms with E-state index in [1.165, 1.54) is 6.07 Å². The third-order valence-corrected chi connectivity index (χ3v) is 2.52. The van der Waals surface area contributed by atoms with Gasteiger partial charge in [0.15, 0.2) is 0 Å². The van der Waals surface area contributed by atoms with Crippen molar-refractivity contribution in [3.63, 3.8) is 0 Å². The Balaban J connectivity index is 2.63. The first-order valence-electron chi connectivity index (χ1n) is 5.86. The highest BCUT2D eigenvalue weighted by atomic mass is 19.1. The minimum absolute atomic E-state index is 0.196. The van der Waals surface area contributed by atoms with Crippen molar-refractivity contribution >= 4 is 5.69 Å². The van der Waals surface area contributed by atoms with Crippen LogP contribution in [0.2, 0.25) is 0 Å². The van der Waals surface area contributed by atoms with E-state index >= 15 is 0 Å². The molecular weight excluding hydrogens is 203 g/mol. The van der Waals surface area contributed by atoms with Crippen molar-refractivity contribution in [2.45, 2.75) is 26.7 Å². The fraction of sp³-hybridized carbons (Fsp3) is 0.538. The average molecular weight is 224 g/mol. The maximum Gasteiger partial charge on any atom is 0.123 e. The second-order valence-corrected chi connectivity index (χ2v) is 4.45. The fourth-order valence-corrected chi connectivity index (χ4v) is 1.59. The van der Waals surface area contributed by atoms with Crippen LogP contribution >= 0.6 is 0 Å². The number of rotatable bonds is 6. The predicted octanol–water partition coefficient (Wildman–Crippen LogP) is 2.78. The molecule has 16 heavy (non-hydrogen) atoms. The van der Waals surface area contributed by atoms with Crippen molar-refractivity contribution in [1.82, 2.24) is 0 Å². The molecule has 0 aliphatic rings. The van der Waals surface area contributed by atoms with E-state index in [0.29, 0.717) is 18.9 Å². The Morgan fingerprint density at radius 2 is 2.12 bits per heavy atom. The molecule has 0 saturated carbocycles. The number of nitrogens with one attached hydrogen (secondary N) is 1. The smallest absolute Gasteiger partial charge is 0.123 e. The molecule has 0 aliphatic carbocycles. The van der Waals surface area contributed by atoms with Crippen molar-refractivity contribution in [2.75, 3.05) is 18.4 Å². The molecule has 0 radical (unpaired) electrons. The molecule has 0 aromatic heterocycles. The topological polar surface area (TPSA) is 38.0 Å².